The number of hydrogen-bond acceptors (Lipinski definition) is 0. The van der Waals surface area contributed by atoms with E-state index in [1.807, 2.05) is 0 Å². The Balaban J connectivity index is 2.92. The lowest BCUT2D eigenvalue weighted by Gasteiger charge is -2.10. The molecule has 0 aromatic heterocycles. The van der Waals surface area contributed by atoms with Crippen molar-refractivity contribution >= 4 is 7.28 Å². The smallest absolute Gasteiger partial charge is 0.0917 e. The quantitative estimate of drug-likeness (QED) is 0.614. The molecule has 0 atom stereocenters. The van der Waals surface area contributed by atoms with E-state index in [1.54, 1.807) is 0 Å². The predicted octanol–water partition coefficient (Wildman–Crippen LogP) is 3.37. The second-order valence-corrected chi connectivity index (χ2v) is 3.96. The lowest BCUT2D eigenvalue weighted by molar-refractivity contribution is 0.855. The van der Waals surface area contributed by atoms with Crippen molar-refractivity contribution in [3.63, 3.8) is 0 Å². The lowest BCUT2D eigenvalue weighted by Crippen LogP contribution is -1.96. The number of rotatable bonds is 3. The normalized spacial score (nSPS) is 10.5. The molecule has 0 amide bonds. The molecule has 0 aliphatic rings. The fourth-order valence-electron chi connectivity index (χ4n) is 1.75. The molecule has 0 nitrogen and oxygen atoms in total. The zero-order chi connectivity index (χ0) is 9.84. The van der Waals surface area contributed by atoms with E-state index in [-0.39, 0.29) is 0 Å². The van der Waals surface area contributed by atoms with Crippen molar-refractivity contribution in [3.05, 3.63) is 34.9 Å². The maximum atomic E-state index is 2.30. The van der Waals surface area contributed by atoms with Crippen LogP contribution in [-0.4, -0.2) is 7.28 Å². The van der Waals surface area contributed by atoms with Gasteiger partial charge < -0.3 is 0 Å². The molecule has 1 radical (unpaired) electrons. The zero-order valence-electron chi connectivity index (χ0n) is 9.09. The van der Waals surface area contributed by atoms with E-state index >= 15 is 0 Å². The molecule has 0 fully saturated rings. The molecule has 1 rings (SSSR count). The van der Waals surface area contributed by atoms with Crippen molar-refractivity contribution in [2.45, 2.75) is 39.8 Å². The van der Waals surface area contributed by atoms with Crippen LogP contribution in [0.5, 0.6) is 0 Å². The maximum absolute atomic E-state index is 2.30. The molecule has 0 aliphatic carbocycles. The summed E-state index contributed by atoms with van der Waals surface area (Å²) < 4.78 is 0. The van der Waals surface area contributed by atoms with Gasteiger partial charge in [0.1, 0.15) is 7.28 Å². The van der Waals surface area contributed by atoms with Crippen molar-refractivity contribution in [2.24, 2.45) is 0 Å². The number of benzene rings is 1. The molecule has 13 heavy (non-hydrogen) atoms. The summed E-state index contributed by atoms with van der Waals surface area (Å²) in [5.74, 6) is 0.639. The van der Waals surface area contributed by atoms with E-state index < -0.39 is 0 Å². The Hall–Kier alpha value is -0.715. The fraction of sp³-hybridized carbons (Fsp3) is 0.500. The minimum absolute atomic E-state index is 0.639. The molecule has 0 heterocycles. The van der Waals surface area contributed by atoms with Crippen LogP contribution in [0.15, 0.2) is 18.2 Å². The molecule has 0 saturated carbocycles. The van der Waals surface area contributed by atoms with Crippen molar-refractivity contribution < 1.29 is 0 Å². The van der Waals surface area contributed by atoms with Crippen LogP contribution in [0.3, 0.4) is 0 Å². The molecule has 0 bridgehead atoms. The van der Waals surface area contributed by atoms with Gasteiger partial charge >= 0.3 is 0 Å². The van der Waals surface area contributed by atoms with Crippen molar-refractivity contribution in [3.8, 4) is 0 Å². The van der Waals surface area contributed by atoms with E-state index in [2.05, 4.69) is 53.1 Å². The predicted molar refractivity (Wildman–Crippen MR) is 60.6 cm³/mol. The minimum atomic E-state index is 0.639. The Kier molecular flexibility index (Phi) is 3.59. The van der Waals surface area contributed by atoms with E-state index in [4.69, 9.17) is 0 Å². The summed E-state index contributed by atoms with van der Waals surface area (Å²) in [7, 11) is 2.20. The van der Waals surface area contributed by atoms with Crippen LogP contribution in [0.4, 0.5) is 0 Å². The Morgan fingerprint density at radius 1 is 1.31 bits per heavy atom. The average Bonchev–Trinajstić information content (AvgIpc) is 2.04. The first kappa shape index (κ1) is 10.4. The lowest BCUT2D eigenvalue weighted by atomic mass is 9.74. The first-order valence-corrected chi connectivity index (χ1v) is 5.02. The summed E-state index contributed by atoms with van der Waals surface area (Å²) in [6.45, 7) is 8.79. The molecule has 1 aromatic rings. The van der Waals surface area contributed by atoms with Crippen LogP contribution < -0.4 is 0 Å². The third-order valence-electron chi connectivity index (χ3n) is 2.40. The largest absolute Gasteiger partial charge is 0.111 e. The highest BCUT2D eigenvalue weighted by Crippen LogP contribution is 2.19. The second kappa shape index (κ2) is 4.50. The van der Waals surface area contributed by atoms with Crippen LogP contribution in [0.1, 0.15) is 36.5 Å². The Bertz CT molecular complexity index is 276. The van der Waals surface area contributed by atoms with Crippen molar-refractivity contribution in [2.75, 3.05) is 0 Å². The van der Waals surface area contributed by atoms with E-state index in [1.165, 1.54) is 16.7 Å². The van der Waals surface area contributed by atoms with Crippen molar-refractivity contribution in [1.29, 1.82) is 0 Å². The van der Waals surface area contributed by atoms with E-state index in [9.17, 15) is 0 Å². The summed E-state index contributed by atoms with van der Waals surface area (Å²) >= 11 is 0. The molecule has 1 aromatic carbocycles. The summed E-state index contributed by atoms with van der Waals surface area (Å²) in [5, 5.41) is 0. The standard InChI is InChI=1S/C12H18B/c1-9(2)12-6-5-11(8-13-4)7-10(12)3/h5-7,9H,8H2,1-4H3. The van der Waals surface area contributed by atoms with Gasteiger partial charge in [-0.1, -0.05) is 50.8 Å². The Morgan fingerprint density at radius 3 is 2.46 bits per heavy atom. The van der Waals surface area contributed by atoms with Gasteiger partial charge in [-0.2, -0.15) is 0 Å². The van der Waals surface area contributed by atoms with Crippen LogP contribution in [0, 0.1) is 6.92 Å². The summed E-state index contributed by atoms with van der Waals surface area (Å²) in [6.07, 6.45) is 1.08. The highest BCUT2D eigenvalue weighted by Gasteiger charge is 2.03. The highest BCUT2D eigenvalue weighted by atomic mass is 14.1. The third kappa shape index (κ3) is 2.62. The maximum Gasteiger partial charge on any atom is 0.111 e. The van der Waals surface area contributed by atoms with Gasteiger partial charge in [0, 0.05) is 0 Å². The molecule has 1 heteroatoms. The van der Waals surface area contributed by atoms with Gasteiger partial charge in [-0.15, -0.1) is 0 Å². The molecule has 0 unspecified atom stereocenters. The van der Waals surface area contributed by atoms with Crippen molar-refractivity contribution in [1.82, 2.24) is 0 Å². The van der Waals surface area contributed by atoms with Crippen LogP contribution in [0.2, 0.25) is 6.82 Å². The molecule has 69 valence electrons. The van der Waals surface area contributed by atoms with Gasteiger partial charge in [-0.25, -0.2) is 0 Å². The monoisotopic (exact) mass is 173 g/mol. The van der Waals surface area contributed by atoms with Gasteiger partial charge in [-0.3, -0.25) is 0 Å². The van der Waals surface area contributed by atoms with Gasteiger partial charge in [0.25, 0.3) is 0 Å². The molecular weight excluding hydrogens is 155 g/mol. The van der Waals surface area contributed by atoms with Crippen LogP contribution in [-0.2, 0) is 6.32 Å². The van der Waals surface area contributed by atoms with Gasteiger partial charge in [-0.05, 0) is 24.0 Å². The minimum Gasteiger partial charge on any atom is -0.0917 e. The van der Waals surface area contributed by atoms with Gasteiger partial charge in [0.2, 0.25) is 0 Å². The van der Waals surface area contributed by atoms with Gasteiger partial charge in [0.15, 0.2) is 0 Å². The summed E-state index contributed by atoms with van der Waals surface area (Å²) in [4.78, 5) is 0. The summed E-state index contributed by atoms with van der Waals surface area (Å²) in [6, 6.07) is 6.80. The average molecular weight is 173 g/mol. The molecule has 0 N–H and O–H groups in total. The number of hydrogen-bond donors (Lipinski definition) is 0. The first-order valence-electron chi connectivity index (χ1n) is 5.02. The molecular formula is C12H18B. The van der Waals surface area contributed by atoms with E-state index in [0.717, 1.165) is 6.32 Å². The van der Waals surface area contributed by atoms with Crippen LogP contribution in [0.25, 0.3) is 0 Å². The fourth-order valence-corrected chi connectivity index (χ4v) is 1.75. The topological polar surface area (TPSA) is 0 Å². The van der Waals surface area contributed by atoms with E-state index in [0.29, 0.717) is 5.92 Å². The second-order valence-electron chi connectivity index (χ2n) is 3.96. The third-order valence-corrected chi connectivity index (χ3v) is 2.40. The Morgan fingerprint density at radius 2 is 2.00 bits per heavy atom. The molecule has 0 spiro atoms. The number of aryl methyl sites for hydroxylation is 1. The van der Waals surface area contributed by atoms with Crippen LogP contribution >= 0.6 is 0 Å². The zero-order valence-corrected chi connectivity index (χ0v) is 9.09. The first-order chi connectivity index (χ1) is 6.15. The SMILES string of the molecule is C[B]Cc1ccc(C(C)C)c(C)c1. The highest BCUT2D eigenvalue weighted by molar-refractivity contribution is 6.32. The molecule has 0 aliphatic heterocycles. The molecule has 0 saturated heterocycles. The van der Waals surface area contributed by atoms with Gasteiger partial charge in [0.05, 0.1) is 0 Å². The summed E-state index contributed by atoms with van der Waals surface area (Å²) in [5.41, 5.74) is 4.32. The Labute approximate surface area is 82.6 Å².